The maximum Gasteiger partial charge on any atom is 0.255 e. The number of aryl methyl sites for hydroxylation is 4. The maximum atomic E-state index is 2.35. The van der Waals surface area contributed by atoms with E-state index in [4.69, 9.17) is 0 Å². The van der Waals surface area contributed by atoms with Crippen molar-refractivity contribution in [3.8, 4) is 33.9 Å². The molecule has 0 amide bonds. The third-order valence-electron chi connectivity index (χ3n) is 5.60. The van der Waals surface area contributed by atoms with Crippen LogP contribution in [0.25, 0.3) is 33.9 Å². The zero-order valence-corrected chi connectivity index (χ0v) is 19.8. The summed E-state index contributed by atoms with van der Waals surface area (Å²) >= 11 is 3.73. The number of hydrogen-bond donors (Lipinski definition) is 0. The van der Waals surface area contributed by atoms with E-state index >= 15 is 0 Å². The van der Waals surface area contributed by atoms with Gasteiger partial charge in [0, 0.05) is 30.6 Å². The van der Waals surface area contributed by atoms with Crippen molar-refractivity contribution in [2.75, 3.05) is 0 Å². The molecule has 0 bridgehead atoms. The number of rotatable bonds is 4. The van der Waals surface area contributed by atoms with Gasteiger partial charge in [0.1, 0.15) is 11.4 Å². The second kappa shape index (κ2) is 7.95. The van der Waals surface area contributed by atoms with Gasteiger partial charge in [0.05, 0.1) is 0 Å². The molecule has 0 aliphatic rings. The molecule has 0 unspecified atom stereocenters. The Morgan fingerprint density at radius 1 is 0.677 bits per heavy atom. The van der Waals surface area contributed by atoms with Gasteiger partial charge in [-0.15, -0.1) is 22.7 Å². The average molecular weight is 442 g/mol. The normalized spacial score (nSPS) is 11.2. The van der Waals surface area contributed by atoms with Crippen LogP contribution in [0.2, 0.25) is 0 Å². The maximum absolute atomic E-state index is 2.35. The van der Waals surface area contributed by atoms with Crippen LogP contribution in [-0.2, 0) is 0 Å². The van der Waals surface area contributed by atoms with Crippen molar-refractivity contribution in [3.05, 3.63) is 98.6 Å². The van der Waals surface area contributed by atoms with Gasteiger partial charge in [-0.3, -0.25) is 0 Å². The van der Waals surface area contributed by atoms with Gasteiger partial charge in [-0.25, -0.2) is 0 Å². The summed E-state index contributed by atoms with van der Waals surface area (Å²) in [4.78, 5) is 5.37. The summed E-state index contributed by atoms with van der Waals surface area (Å²) in [5.41, 5.74) is 7.44. The van der Waals surface area contributed by atoms with E-state index in [1.165, 1.54) is 53.4 Å². The molecule has 3 aromatic heterocycles. The molecule has 2 aromatic carbocycles. The molecule has 0 aliphatic carbocycles. The molecule has 5 aromatic rings. The first-order valence-electron chi connectivity index (χ1n) is 10.5. The number of para-hydroxylation sites is 2. The monoisotopic (exact) mass is 441 g/mol. The van der Waals surface area contributed by atoms with Crippen LogP contribution in [0, 0.1) is 27.7 Å². The molecule has 5 rings (SSSR count). The second-order valence-corrected chi connectivity index (χ2v) is 10.8. The molecule has 2 nitrogen and oxygen atoms in total. The van der Waals surface area contributed by atoms with Gasteiger partial charge >= 0.3 is 0 Å². The van der Waals surface area contributed by atoms with Crippen LogP contribution in [0.5, 0.6) is 0 Å². The van der Waals surface area contributed by atoms with Crippen LogP contribution >= 0.6 is 22.7 Å². The van der Waals surface area contributed by atoms with E-state index in [9.17, 15) is 0 Å². The Labute approximate surface area is 191 Å². The van der Waals surface area contributed by atoms with Gasteiger partial charge in [0.15, 0.2) is 11.4 Å². The zero-order chi connectivity index (χ0) is 21.5. The summed E-state index contributed by atoms with van der Waals surface area (Å²) in [5.74, 6) is 0. The Bertz CT molecular complexity index is 1250. The van der Waals surface area contributed by atoms with Gasteiger partial charge in [-0.2, -0.15) is 9.13 Å². The highest BCUT2D eigenvalue weighted by atomic mass is 32.1. The highest BCUT2D eigenvalue weighted by Gasteiger charge is 2.31. The fourth-order valence-electron chi connectivity index (χ4n) is 4.27. The third kappa shape index (κ3) is 3.56. The van der Waals surface area contributed by atoms with Gasteiger partial charge in [-0.1, -0.05) is 36.4 Å². The number of thiophene rings is 2. The third-order valence-corrected chi connectivity index (χ3v) is 7.53. The Kier molecular flexibility index (Phi) is 5.12. The van der Waals surface area contributed by atoms with E-state index in [1.54, 1.807) is 0 Å². The predicted molar refractivity (Wildman–Crippen MR) is 133 cm³/mol. The molecular weight excluding hydrogens is 416 g/mol. The van der Waals surface area contributed by atoms with Crippen molar-refractivity contribution in [3.63, 3.8) is 0 Å². The molecule has 0 aliphatic heterocycles. The Hall–Kier alpha value is -2.95. The average Bonchev–Trinajstić information content (AvgIpc) is 3.42. The molecule has 0 N–H and O–H groups in total. The summed E-state index contributed by atoms with van der Waals surface area (Å²) in [7, 11) is 0. The molecule has 0 radical (unpaired) electrons. The zero-order valence-electron chi connectivity index (χ0n) is 18.2. The Balaban J connectivity index is 1.93. The molecule has 0 atom stereocenters. The second-order valence-electron chi connectivity index (χ2n) is 7.88. The topological polar surface area (TPSA) is 8.81 Å². The molecule has 0 saturated carbocycles. The Morgan fingerprint density at radius 3 is 1.77 bits per heavy atom. The number of benzene rings is 2. The molecule has 0 fully saturated rings. The van der Waals surface area contributed by atoms with E-state index in [1.807, 2.05) is 22.7 Å². The largest absolute Gasteiger partial charge is 0.255 e. The standard InChI is InChI=1S/C27H25N2S2/c1-18-15-24(20(3)30-18)26-27(25-16-19(2)31-21(25)4)29(23-13-9-6-10-14-23)17-28(26)22-11-7-5-8-12-22/h5-17H,1-4H3/q+1. The van der Waals surface area contributed by atoms with Crippen LogP contribution in [-0.4, -0.2) is 4.57 Å². The van der Waals surface area contributed by atoms with E-state index < -0.39 is 0 Å². The summed E-state index contributed by atoms with van der Waals surface area (Å²) in [6.45, 7) is 8.86. The first-order chi connectivity index (χ1) is 15.0. The minimum atomic E-state index is 1.17. The van der Waals surface area contributed by atoms with E-state index in [0.29, 0.717) is 0 Å². The molecule has 3 heterocycles. The fourth-order valence-corrected chi connectivity index (χ4v) is 6.12. The quantitative estimate of drug-likeness (QED) is 0.256. The lowest BCUT2D eigenvalue weighted by Gasteiger charge is -2.05. The van der Waals surface area contributed by atoms with Crippen molar-refractivity contribution >= 4 is 22.7 Å². The van der Waals surface area contributed by atoms with Crippen molar-refractivity contribution < 1.29 is 4.57 Å². The van der Waals surface area contributed by atoms with Crippen molar-refractivity contribution in [1.82, 2.24) is 4.57 Å². The lowest BCUT2D eigenvalue weighted by molar-refractivity contribution is -0.583. The van der Waals surface area contributed by atoms with Crippen LogP contribution < -0.4 is 4.57 Å². The van der Waals surface area contributed by atoms with Gasteiger partial charge < -0.3 is 0 Å². The minimum absolute atomic E-state index is 1.17. The molecular formula is C27H25N2S2+. The molecule has 0 spiro atoms. The summed E-state index contributed by atoms with van der Waals surface area (Å²) in [6, 6.07) is 26.0. The molecule has 31 heavy (non-hydrogen) atoms. The summed E-state index contributed by atoms with van der Waals surface area (Å²) < 4.78 is 4.70. The number of nitrogens with zero attached hydrogens (tertiary/aromatic N) is 2. The molecule has 0 saturated heterocycles. The lowest BCUT2D eigenvalue weighted by atomic mass is 10.0. The van der Waals surface area contributed by atoms with Crippen molar-refractivity contribution in [1.29, 1.82) is 0 Å². The van der Waals surface area contributed by atoms with E-state index in [0.717, 1.165) is 0 Å². The van der Waals surface area contributed by atoms with E-state index in [2.05, 4.69) is 116 Å². The van der Waals surface area contributed by atoms with Crippen molar-refractivity contribution in [2.24, 2.45) is 0 Å². The number of hydrogen-bond acceptors (Lipinski definition) is 2. The lowest BCUT2D eigenvalue weighted by Crippen LogP contribution is -2.30. The summed E-state index contributed by atoms with van der Waals surface area (Å²) in [5, 5.41) is 0. The molecule has 154 valence electrons. The van der Waals surface area contributed by atoms with Crippen LogP contribution in [0.1, 0.15) is 19.5 Å². The number of imidazole rings is 1. The van der Waals surface area contributed by atoms with Crippen LogP contribution in [0.3, 0.4) is 0 Å². The van der Waals surface area contributed by atoms with E-state index in [-0.39, 0.29) is 0 Å². The Morgan fingerprint density at radius 2 is 1.23 bits per heavy atom. The van der Waals surface area contributed by atoms with Crippen molar-refractivity contribution in [2.45, 2.75) is 27.7 Å². The van der Waals surface area contributed by atoms with Gasteiger partial charge in [-0.05, 0) is 64.1 Å². The fraction of sp³-hybridized carbons (Fsp3) is 0.148. The predicted octanol–water partition coefficient (Wildman–Crippen LogP) is 7.44. The van der Waals surface area contributed by atoms with Crippen LogP contribution in [0.4, 0.5) is 0 Å². The number of aromatic nitrogens is 2. The van der Waals surface area contributed by atoms with Gasteiger partial charge in [0.2, 0.25) is 0 Å². The first-order valence-corrected chi connectivity index (χ1v) is 12.1. The van der Waals surface area contributed by atoms with Gasteiger partial charge in [0.25, 0.3) is 6.33 Å². The van der Waals surface area contributed by atoms with Crippen LogP contribution in [0.15, 0.2) is 79.1 Å². The summed E-state index contributed by atoms with van der Waals surface area (Å²) in [6.07, 6.45) is 2.24. The first kappa shape index (κ1) is 20.0. The smallest absolute Gasteiger partial charge is 0.194 e. The molecule has 4 heteroatoms. The minimum Gasteiger partial charge on any atom is -0.194 e. The highest BCUT2D eigenvalue weighted by Crippen LogP contribution is 2.40. The highest BCUT2D eigenvalue weighted by molar-refractivity contribution is 7.12. The SMILES string of the molecule is Cc1cc(-c2c(-c3cc(C)sc3C)[n+](-c3ccccc3)cn2-c2ccccc2)c(C)s1.